The summed E-state index contributed by atoms with van der Waals surface area (Å²) in [5.41, 5.74) is 5.35. The van der Waals surface area contributed by atoms with Crippen LogP contribution in [0.1, 0.15) is 6.42 Å². The minimum atomic E-state index is 0.310. The maximum absolute atomic E-state index is 5.35. The fourth-order valence-corrected chi connectivity index (χ4v) is 1.33. The van der Waals surface area contributed by atoms with Gasteiger partial charge in [0.2, 0.25) is 11.1 Å². The zero-order valence-corrected chi connectivity index (χ0v) is 8.72. The third-order valence-corrected chi connectivity index (χ3v) is 2.12. The first-order valence-corrected chi connectivity index (χ1v) is 5.12. The third kappa shape index (κ3) is 4.20. The van der Waals surface area contributed by atoms with Crippen molar-refractivity contribution in [3.8, 4) is 0 Å². The Labute approximate surface area is 87.2 Å². The molecule has 0 saturated carbocycles. The predicted octanol–water partition coefficient (Wildman–Crippen LogP) is 1.12. The Hall–Kier alpha value is -1.14. The first-order chi connectivity index (χ1) is 6.83. The van der Waals surface area contributed by atoms with Gasteiger partial charge in [0.25, 0.3) is 0 Å². The molecule has 3 N–H and O–H groups in total. The lowest BCUT2D eigenvalue weighted by Gasteiger charge is -2.02. The number of rotatable bonds is 7. The second-order valence-corrected chi connectivity index (χ2v) is 3.33. The summed E-state index contributed by atoms with van der Waals surface area (Å²) < 4.78 is 9.13. The number of nitrogens with zero attached hydrogens (tertiary/aromatic N) is 2. The minimum Gasteiger partial charge on any atom is -0.379 e. The summed E-state index contributed by atoms with van der Waals surface area (Å²) in [5, 5.41) is 3.79. The van der Waals surface area contributed by atoms with Crippen molar-refractivity contribution < 1.29 is 4.74 Å². The molecule has 0 atom stereocenters. The van der Waals surface area contributed by atoms with Gasteiger partial charge in [-0.3, -0.25) is 0 Å². The zero-order valence-electron chi connectivity index (χ0n) is 7.90. The van der Waals surface area contributed by atoms with E-state index in [-0.39, 0.29) is 0 Å². The quantitative estimate of drug-likeness (QED) is 0.525. The topological polar surface area (TPSA) is 73.1 Å². The van der Waals surface area contributed by atoms with E-state index in [9.17, 15) is 0 Å². The van der Waals surface area contributed by atoms with Crippen molar-refractivity contribution >= 4 is 22.6 Å². The largest absolute Gasteiger partial charge is 0.379 e. The van der Waals surface area contributed by atoms with E-state index in [0.717, 1.165) is 11.6 Å². The molecule has 6 heteroatoms. The lowest BCUT2D eigenvalue weighted by atomic mass is 10.5. The second-order valence-electron chi connectivity index (χ2n) is 2.57. The van der Waals surface area contributed by atoms with E-state index in [4.69, 9.17) is 10.5 Å². The number of ether oxygens (including phenoxy) is 1. The molecular weight excluding hydrogens is 200 g/mol. The molecule has 1 aromatic heterocycles. The lowest BCUT2D eigenvalue weighted by Crippen LogP contribution is -2.09. The van der Waals surface area contributed by atoms with E-state index in [1.807, 2.05) is 6.08 Å². The highest BCUT2D eigenvalue weighted by molar-refractivity contribution is 7.09. The van der Waals surface area contributed by atoms with Crippen LogP contribution in [0.2, 0.25) is 0 Å². The van der Waals surface area contributed by atoms with E-state index in [2.05, 4.69) is 21.3 Å². The van der Waals surface area contributed by atoms with Crippen molar-refractivity contribution in [2.45, 2.75) is 6.42 Å². The van der Waals surface area contributed by atoms with Crippen LogP contribution in [0, 0.1) is 0 Å². The highest BCUT2D eigenvalue weighted by Gasteiger charge is 1.97. The van der Waals surface area contributed by atoms with Crippen molar-refractivity contribution in [3.05, 3.63) is 12.7 Å². The third-order valence-electron chi connectivity index (χ3n) is 1.43. The van der Waals surface area contributed by atoms with Crippen molar-refractivity contribution in [2.75, 3.05) is 30.8 Å². The lowest BCUT2D eigenvalue weighted by molar-refractivity contribution is 0.149. The summed E-state index contributed by atoms with van der Waals surface area (Å²) in [5.74, 6) is 0.310. The molecule has 1 aromatic rings. The van der Waals surface area contributed by atoms with Gasteiger partial charge < -0.3 is 15.8 Å². The van der Waals surface area contributed by atoms with Crippen LogP contribution >= 0.6 is 11.5 Å². The number of nitrogens with one attached hydrogen (secondary N) is 1. The molecule has 0 aliphatic carbocycles. The molecular formula is C8H14N4OS. The van der Waals surface area contributed by atoms with Gasteiger partial charge in [-0.15, -0.1) is 6.58 Å². The Morgan fingerprint density at radius 1 is 1.57 bits per heavy atom. The second kappa shape index (κ2) is 6.33. The van der Waals surface area contributed by atoms with Crippen molar-refractivity contribution in [1.29, 1.82) is 0 Å². The minimum absolute atomic E-state index is 0.310. The molecule has 0 aliphatic heterocycles. The molecule has 0 aromatic carbocycles. The standard InChI is InChI=1S/C8H14N4OS/c1-2-3-5-13-6-4-10-8-11-7(9)12-14-8/h2H,1,3-6H2,(H3,9,10,11,12). The van der Waals surface area contributed by atoms with Crippen molar-refractivity contribution in [2.24, 2.45) is 0 Å². The van der Waals surface area contributed by atoms with Crippen molar-refractivity contribution in [1.82, 2.24) is 9.36 Å². The summed E-state index contributed by atoms with van der Waals surface area (Å²) in [7, 11) is 0. The fourth-order valence-electron chi connectivity index (χ4n) is 0.806. The first-order valence-electron chi connectivity index (χ1n) is 4.34. The number of aromatic nitrogens is 2. The monoisotopic (exact) mass is 214 g/mol. The normalized spacial score (nSPS) is 10.0. The molecule has 78 valence electrons. The molecule has 0 amide bonds. The molecule has 1 heterocycles. The van der Waals surface area contributed by atoms with Crippen LogP contribution in [0.15, 0.2) is 12.7 Å². The summed E-state index contributed by atoms with van der Waals surface area (Å²) in [6.45, 7) is 5.67. The maximum Gasteiger partial charge on any atom is 0.233 e. The molecule has 0 bridgehead atoms. The number of hydrogen-bond donors (Lipinski definition) is 2. The molecule has 14 heavy (non-hydrogen) atoms. The Bertz CT molecular complexity index is 276. The van der Waals surface area contributed by atoms with Crippen LogP contribution < -0.4 is 11.1 Å². The zero-order chi connectivity index (χ0) is 10.2. The van der Waals surface area contributed by atoms with E-state index in [0.29, 0.717) is 25.7 Å². The number of hydrogen-bond acceptors (Lipinski definition) is 6. The fraction of sp³-hybridized carbons (Fsp3) is 0.500. The van der Waals surface area contributed by atoms with Gasteiger partial charge in [-0.1, -0.05) is 6.08 Å². The van der Waals surface area contributed by atoms with Crippen molar-refractivity contribution in [3.63, 3.8) is 0 Å². The summed E-state index contributed by atoms with van der Waals surface area (Å²) in [4.78, 5) is 3.95. The van der Waals surface area contributed by atoms with Gasteiger partial charge in [-0.2, -0.15) is 9.36 Å². The first kappa shape index (κ1) is 10.9. The van der Waals surface area contributed by atoms with Gasteiger partial charge in [-0.05, 0) is 6.42 Å². The van der Waals surface area contributed by atoms with Gasteiger partial charge in [0, 0.05) is 18.1 Å². The SMILES string of the molecule is C=CCCOCCNc1nc(N)ns1. The Balaban J connectivity index is 2.01. The average Bonchev–Trinajstić information content (AvgIpc) is 2.58. The number of nitrogen functional groups attached to an aromatic ring is 1. The van der Waals surface area contributed by atoms with E-state index in [1.54, 1.807) is 0 Å². The highest BCUT2D eigenvalue weighted by atomic mass is 32.1. The Morgan fingerprint density at radius 2 is 2.43 bits per heavy atom. The summed E-state index contributed by atoms with van der Waals surface area (Å²) in [6.07, 6.45) is 2.71. The summed E-state index contributed by atoms with van der Waals surface area (Å²) in [6, 6.07) is 0. The van der Waals surface area contributed by atoms with Crippen LogP contribution in [0.3, 0.4) is 0 Å². The van der Waals surface area contributed by atoms with Crippen LogP contribution in [0.25, 0.3) is 0 Å². The maximum atomic E-state index is 5.35. The molecule has 0 spiro atoms. The molecule has 5 nitrogen and oxygen atoms in total. The van der Waals surface area contributed by atoms with E-state index in [1.165, 1.54) is 11.5 Å². The molecule has 0 aliphatic rings. The Kier molecular flexibility index (Phi) is 4.95. The van der Waals surface area contributed by atoms with Crippen LogP contribution in [0.5, 0.6) is 0 Å². The van der Waals surface area contributed by atoms with E-state index >= 15 is 0 Å². The van der Waals surface area contributed by atoms with Gasteiger partial charge >= 0.3 is 0 Å². The van der Waals surface area contributed by atoms with Crippen LogP contribution in [-0.2, 0) is 4.74 Å². The predicted molar refractivity (Wildman–Crippen MR) is 58.4 cm³/mol. The molecule has 1 rings (SSSR count). The van der Waals surface area contributed by atoms with E-state index < -0.39 is 0 Å². The van der Waals surface area contributed by atoms with Gasteiger partial charge in [0.05, 0.1) is 13.2 Å². The molecule has 0 fully saturated rings. The average molecular weight is 214 g/mol. The number of nitrogens with two attached hydrogens (primary N) is 1. The highest BCUT2D eigenvalue weighted by Crippen LogP contribution is 2.10. The van der Waals surface area contributed by atoms with Crippen LogP contribution in [-0.4, -0.2) is 29.1 Å². The molecule has 0 unspecified atom stereocenters. The molecule has 0 saturated heterocycles. The number of anilines is 2. The summed E-state index contributed by atoms with van der Waals surface area (Å²) >= 11 is 1.25. The van der Waals surface area contributed by atoms with Gasteiger partial charge in [0.15, 0.2) is 0 Å². The molecule has 0 radical (unpaired) electrons. The Morgan fingerprint density at radius 3 is 3.07 bits per heavy atom. The smallest absolute Gasteiger partial charge is 0.233 e. The van der Waals surface area contributed by atoms with Crippen LogP contribution in [0.4, 0.5) is 11.1 Å². The van der Waals surface area contributed by atoms with Gasteiger partial charge in [-0.25, -0.2) is 0 Å². The van der Waals surface area contributed by atoms with Gasteiger partial charge in [0.1, 0.15) is 0 Å².